The number of nitrogens with one attached hydrogen (secondary N) is 1. The average Bonchev–Trinajstić information content (AvgIpc) is 3.00. The number of anilines is 1. The average molecular weight is 643 g/mol. The van der Waals surface area contributed by atoms with Crippen LogP contribution in [0.1, 0.15) is 16.7 Å². The van der Waals surface area contributed by atoms with Crippen LogP contribution < -0.4 is 9.62 Å². The fourth-order valence-corrected chi connectivity index (χ4v) is 6.40. The zero-order valence-corrected chi connectivity index (χ0v) is 25.8. The Morgan fingerprint density at radius 2 is 1.53 bits per heavy atom. The SMILES string of the molecule is CNC(=O)C(Cc1ccccc1)N(Cc1ccc(F)cc1)C(=O)CN(c1cc(Cl)ccc1Cl)S(=O)(=O)c1ccc(C)cc1. The summed E-state index contributed by atoms with van der Waals surface area (Å²) in [6.45, 7) is 1.04. The van der Waals surface area contributed by atoms with E-state index < -0.39 is 40.2 Å². The first-order valence-corrected chi connectivity index (χ1v) is 15.5. The number of benzene rings is 4. The Morgan fingerprint density at radius 1 is 0.884 bits per heavy atom. The number of hydrogen-bond donors (Lipinski definition) is 1. The van der Waals surface area contributed by atoms with E-state index in [1.54, 1.807) is 12.1 Å². The second kappa shape index (κ2) is 14.0. The van der Waals surface area contributed by atoms with Crippen LogP contribution in [0.4, 0.5) is 10.1 Å². The molecule has 0 fully saturated rings. The van der Waals surface area contributed by atoms with Gasteiger partial charge in [-0.25, -0.2) is 12.8 Å². The number of sulfonamides is 1. The van der Waals surface area contributed by atoms with Crippen LogP contribution in [0.3, 0.4) is 0 Å². The van der Waals surface area contributed by atoms with Crippen LogP contribution in [-0.2, 0) is 32.6 Å². The van der Waals surface area contributed by atoms with Crippen LogP contribution in [0.2, 0.25) is 10.0 Å². The first-order valence-electron chi connectivity index (χ1n) is 13.3. The highest BCUT2D eigenvalue weighted by molar-refractivity contribution is 7.92. The molecule has 7 nitrogen and oxygen atoms in total. The molecule has 1 N–H and O–H groups in total. The minimum Gasteiger partial charge on any atom is -0.357 e. The largest absolute Gasteiger partial charge is 0.357 e. The first kappa shape index (κ1) is 32.0. The fourth-order valence-electron chi connectivity index (χ4n) is 4.53. The van der Waals surface area contributed by atoms with Gasteiger partial charge in [-0.05, 0) is 60.5 Å². The number of amides is 2. The van der Waals surface area contributed by atoms with E-state index in [0.717, 1.165) is 15.4 Å². The topological polar surface area (TPSA) is 86.8 Å². The van der Waals surface area contributed by atoms with Gasteiger partial charge in [-0.15, -0.1) is 0 Å². The number of halogens is 3. The molecule has 224 valence electrons. The molecule has 0 bridgehead atoms. The maximum atomic E-state index is 14.3. The Balaban J connectivity index is 1.81. The molecule has 0 aliphatic carbocycles. The van der Waals surface area contributed by atoms with E-state index in [2.05, 4.69) is 5.32 Å². The highest BCUT2D eigenvalue weighted by Gasteiger charge is 2.35. The summed E-state index contributed by atoms with van der Waals surface area (Å²) in [6, 6.07) is 24.1. The number of likely N-dealkylation sites (N-methyl/N-ethyl adjacent to an activating group) is 1. The smallest absolute Gasteiger partial charge is 0.264 e. The van der Waals surface area contributed by atoms with Gasteiger partial charge in [-0.3, -0.25) is 13.9 Å². The second-order valence-electron chi connectivity index (χ2n) is 9.89. The van der Waals surface area contributed by atoms with E-state index in [-0.39, 0.29) is 33.6 Å². The molecule has 0 heterocycles. The number of rotatable bonds is 11. The van der Waals surface area contributed by atoms with Crippen molar-refractivity contribution in [3.63, 3.8) is 0 Å². The van der Waals surface area contributed by atoms with Crippen LogP contribution in [0.5, 0.6) is 0 Å². The van der Waals surface area contributed by atoms with Crippen molar-refractivity contribution in [2.75, 3.05) is 17.9 Å². The summed E-state index contributed by atoms with van der Waals surface area (Å²) in [7, 11) is -2.88. The predicted octanol–water partition coefficient (Wildman–Crippen LogP) is 6.02. The summed E-state index contributed by atoms with van der Waals surface area (Å²) in [5.74, 6) is -1.59. The molecule has 11 heteroatoms. The van der Waals surface area contributed by atoms with E-state index in [1.165, 1.54) is 66.5 Å². The van der Waals surface area contributed by atoms with Crippen LogP contribution in [-0.4, -0.2) is 44.8 Å². The van der Waals surface area contributed by atoms with Gasteiger partial charge in [-0.1, -0.05) is 83.4 Å². The minimum absolute atomic E-state index is 0.00405. The maximum absolute atomic E-state index is 14.3. The van der Waals surface area contributed by atoms with Crippen molar-refractivity contribution in [2.45, 2.75) is 30.8 Å². The van der Waals surface area contributed by atoms with Gasteiger partial charge in [0.2, 0.25) is 11.8 Å². The maximum Gasteiger partial charge on any atom is 0.264 e. The number of nitrogens with zero attached hydrogens (tertiary/aromatic N) is 2. The van der Waals surface area contributed by atoms with Crippen molar-refractivity contribution in [3.8, 4) is 0 Å². The van der Waals surface area contributed by atoms with Crippen LogP contribution in [0.15, 0.2) is 102 Å². The molecule has 1 unspecified atom stereocenters. The quantitative estimate of drug-likeness (QED) is 0.217. The van der Waals surface area contributed by atoms with E-state index in [9.17, 15) is 22.4 Å². The van der Waals surface area contributed by atoms with E-state index in [4.69, 9.17) is 23.2 Å². The third kappa shape index (κ3) is 7.93. The first-order chi connectivity index (χ1) is 20.5. The Hall–Kier alpha value is -3.92. The molecular formula is C32H30Cl2FN3O4S. The van der Waals surface area contributed by atoms with Crippen molar-refractivity contribution >= 4 is 50.7 Å². The van der Waals surface area contributed by atoms with Crippen molar-refractivity contribution in [2.24, 2.45) is 0 Å². The van der Waals surface area contributed by atoms with Gasteiger partial charge >= 0.3 is 0 Å². The summed E-state index contributed by atoms with van der Waals surface area (Å²) in [4.78, 5) is 28.8. The molecule has 4 aromatic rings. The summed E-state index contributed by atoms with van der Waals surface area (Å²) >= 11 is 12.7. The Kier molecular flexibility index (Phi) is 10.4. The number of hydrogen-bond acceptors (Lipinski definition) is 4. The van der Waals surface area contributed by atoms with Gasteiger partial charge < -0.3 is 10.2 Å². The van der Waals surface area contributed by atoms with Crippen molar-refractivity contribution in [1.29, 1.82) is 0 Å². The Bertz CT molecular complexity index is 1690. The molecule has 2 amide bonds. The van der Waals surface area contributed by atoms with E-state index in [1.807, 2.05) is 37.3 Å². The van der Waals surface area contributed by atoms with Crippen molar-refractivity contribution < 1.29 is 22.4 Å². The van der Waals surface area contributed by atoms with Crippen molar-refractivity contribution in [1.82, 2.24) is 10.2 Å². The summed E-state index contributed by atoms with van der Waals surface area (Å²) < 4.78 is 42.7. The summed E-state index contributed by atoms with van der Waals surface area (Å²) in [6.07, 6.45) is 0.149. The van der Waals surface area contributed by atoms with E-state index in [0.29, 0.717) is 5.56 Å². The van der Waals surface area contributed by atoms with Crippen molar-refractivity contribution in [3.05, 3.63) is 130 Å². The molecule has 0 saturated carbocycles. The molecule has 4 rings (SSSR count). The van der Waals surface area contributed by atoms with Crippen LogP contribution in [0, 0.1) is 12.7 Å². The minimum atomic E-state index is -4.33. The molecular weight excluding hydrogens is 612 g/mol. The summed E-state index contributed by atoms with van der Waals surface area (Å²) in [5, 5.41) is 2.89. The third-order valence-electron chi connectivity index (χ3n) is 6.85. The highest BCUT2D eigenvalue weighted by Crippen LogP contribution is 2.33. The number of aryl methyl sites for hydroxylation is 1. The molecule has 4 aromatic carbocycles. The van der Waals surface area contributed by atoms with Gasteiger partial charge in [0.1, 0.15) is 18.4 Å². The van der Waals surface area contributed by atoms with Gasteiger partial charge in [0.15, 0.2) is 0 Å². The zero-order valence-electron chi connectivity index (χ0n) is 23.5. The molecule has 0 spiro atoms. The molecule has 0 radical (unpaired) electrons. The third-order valence-corrected chi connectivity index (χ3v) is 9.18. The lowest BCUT2D eigenvalue weighted by atomic mass is 10.0. The highest BCUT2D eigenvalue weighted by atomic mass is 35.5. The normalized spacial score (nSPS) is 11.9. The molecule has 0 aliphatic heterocycles. The number of carbonyl (C=O) groups excluding carboxylic acids is 2. The Morgan fingerprint density at radius 3 is 2.16 bits per heavy atom. The lowest BCUT2D eigenvalue weighted by molar-refractivity contribution is -0.139. The van der Waals surface area contributed by atoms with Gasteiger partial charge in [0, 0.05) is 25.0 Å². The molecule has 0 aliphatic rings. The van der Waals surface area contributed by atoms with Gasteiger partial charge in [0.05, 0.1) is 15.6 Å². The molecule has 1 atom stereocenters. The molecule has 43 heavy (non-hydrogen) atoms. The predicted molar refractivity (Wildman–Crippen MR) is 167 cm³/mol. The monoisotopic (exact) mass is 641 g/mol. The second-order valence-corrected chi connectivity index (χ2v) is 12.6. The molecule has 0 aromatic heterocycles. The lowest BCUT2D eigenvalue weighted by Crippen LogP contribution is -2.53. The van der Waals surface area contributed by atoms with Gasteiger partial charge in [0.25, 0.3) is 10.0 Å². The van der Waals surface area contributed by atoms with Crippen LogP contribution >= 0.6 is 23.2 Å². The number of carbonyl (C=O) groups is 2. The zero-order chi connectivity index (χ0) is 31.1. The lowest BCUT2D eigenvalue weighted by Gasteiger charge is -2.33. The summed E-state index contributed by atoms with van der Waals surface area (Å²) in [5.41, 5.74) is 2.19. The van der Waals surface area contributed by atoms with Crippen LogP contribution in [0.25, 0.3) is 0 Å². The van der Waals surface area contributed by atoms with Gasteiger partial charge in [-0.2, -0.15) is 0 Å². The van der Waals surface area contributed by atoms with E-state index >= 15 is 0 Å². The molecule has 0 saturated heterocycles. The fraction of sp³-hybridized carbons (Fsp3) is 0.188. The Labute approximate surface area is 260 Å². The standard InChI is InChI=1S/C32H30Cl2FN3O4S/c1-22-8-15-27(16-9-22)43(41,42)38(29-19-25(33)12-17-28(29)34)21-31(39)37(20-24-10-13-26(35)14-11-24)30(32(40)36-2)18-23-6-4-3-5-7-23/h3-17,19,30H,18,20-21H2,1-2H3,(H,36,40).